The van der Waals surface area contributed by atoms with Crippen molar-refractivity contribution in [1.29, 1.82) is 0 Å². The standard InChI is InChI=1S/C15H15N5O/c1-10-3-6-12(7-4-10)20-15(17-18-19-20)13-9-11(16)5-8-14(13)21-2/h3-9H,16H2,1-2H3. The fraction of sp³-hybridized carbons (Fsp3) is 0.133. The van der Waals surface area contributed by atoms with E-state index in [4.69, 9.17) is 10.5 Å². The number of methoxy groups -OCH3 is 1. The molecule has 0 saturated carbocycles. The maximum absolute atomic E-state index is 5.86. The molecule has 0 atom stereocenters. The number of rotatable bonds is 3. The zero-order valence-electron chi connectivity index (χ0n) is 11.8. The van der Waals surface area contributed by atoms with Gasteiger partial charge in [0.25, 0.3) is 0 Å². The number of benzene rings is 2. The number of aryl methyl sites for hydroxylation is 1. The summed E-state index contributed by atoms with van der Waals surface area (Å²) < 4.78 is 7.03. The molecular formula is C15H15N5O. The molecule has 2 N–H and O–H groups in total. The molecule has 1 heterocycles. The Balaban J connectivity index is 2.15. The molecule has 0 aliphatic heterocycles. The highest BCUT2D eigenvalue weighted by molar-refractivity contribution is 5.69. The van der Waals surface area contributed by atoms with E-state index in [1.807, 2.05) is 31.2 Å². The SMILES string of the molecule is COc1ccc(N)cc1-c1nnnn1-c1ccc(C)cc1. The number of hydrogen-bond donors (Lipinski definition) is 1. The van der Waals surface area contributed by atoms with Crippen LogP contribution in [0.3, 0.4) is 0 Å². The first kappa shape index (κ1) is 13.1. The summed E-state index contributed by atoms with van der Waals surface area (Å²) in [4.78, 5) is 0. The van der Waals surface area contributed by atoms with E-state index in [1.54, 1.807) is 30.0 Å². The molecule has 0 saturated heterocycles. The summed E-state index contributed by atoms with van der Waals surface area (Å²) >= 11 is 0. The van der Waals surface area contributed by atoms with Crippen LogP contribution in [0.2, 0.25) is 0 Å². The minimum atomic E-state index is 0.586. The molecule has 0 bridgehead atoms. The van der Waals surface area contributed by atoms with E-state index in [2.05, 4.69) is 15.5 Å². The van der Waals surface area contributed by atoms with Crippen LogP contribution in [0.5, 0.6) is 5.75 Å². The number of tetrazole rings is 1. The van der Waals surface area contributed by atoms with Crippen LogP contribution in [0.15, 0.2) is 42.5 Å². The summed E-state index contributed by atoms with van der Waals surface area (Å²) in [6, 6.07) is 13.3. The van der Waals surface area contributed by atoms with Gasteiger partial charge in [-0.15, -0.1) is 5.10 Å². The fourth-order valence-corrected chi connectivity index (χ4v) is 2.12. The van der Waals surface area contributed by atoms with Gasteiger partial charge in [0.05, 0.1) is 18.4 Å². The van der Waals surface area contributed by atoms with Gasteiger partial charge in [0.2, 0.25) is 0 Å². The normalized spacial score (nSPS) is 10.6. The quantitative estimate of drug-likeness (QED) is 0.745. The average molecular weight is 281 g/mol. The van der Waals surface area contributed by atoms with Crippen molar-refractivity contribution in [2.75, 3.05) is 12.8 Å². The van der Waals surface area contributed by atoms with Crippen molar-refractivity contribution < 1.29 is 4.74 Å². The van der Waals surface area contributed by atoms with Crippen LogP contribution >= 0.6 is 0 Å². The zero-order chi connectivity index (χ0) is 14.8. The topological polar surface area (TPSA) is 78.8 Å². The molecule has 0 fully saturated rings. The van der Waals surface area contributed by atoms with Gasteiger partial charge in [-0.1, -0.05) is 17.7 Å². The third-order valence-electron chi connectivity index (χ3n) is 3.21. The summed E-state index contributed by atoms with van der Waals surface area (Å²) in [5.41, 5.74) is 9.30. The molecule has 2 aromatic carbocycles. The number of nitrogen functional groups attached to an aromatic ring is 1. The van der Waals surface area contributed by atoms with E-state index >= 15 is 0 Å². The molecule has 3 rings (SSSR count). The van der Waals surface area contributed by atoms with Crippen LogP contribution in [0, 0.1) is 6.92 Å². The van der Waals surface area contributed by atoms with Gasteiger partial charge in [-0.05, 0) is 47.7 Å². The molecule has 1 aromatic heterocycles. The molecule has 106 valence electrons. The minimum Gasteiger partial charge on any atom is -0.496 e. The summed E-state index contributed by atoms with van der Waals surface area (Å²) in [6.45, 7) is 2.03. The highest BCUT2D eigenvalue weighted by Gasteiger charge is 2.15. The third kappa shape index (κ3) is 2.43. The molecule has 0 amide bonds. The van der Waals surface area contributed by atoms with E-state index in [9.17, 15) is 0 Å². The van der Waals surface area contributed by atoms with Crippen molar-refractivity contribution in [3.8, 4) is 22.8 Å². The monoisotopic (exact) mass is 281 g/mol. The molecule has 6 heteroatoms. The predicted molar refractivity (Wildman–Crippen MR) is 80.3 cm³/mol. The predicted octanol–water partition coefficient (Wildman–Crippen LogP) is 2.23. The average Bonchev–Trinajstić information content (AvgIpc) is 2.97. The lowest BCUT2D eigenvalue weighted by atomic mass is 10.1. The van der Waals surface area contributed by atoms with Crippen molar-refractivity contribution in [3.05, 3.63) is 48.0 Å². The van der Waals surface area contributed by atoms with Crippen LogP contribution in [0.1, 0.15) is 5.56 Å². The Morgan fingerprint density at radius 1 is 1.10 bits per heavy atom. The van der Waals surface area contributed by atoms with Gasteiger partial charge in [-0.25, -0.2) is 0 Å². The van der Waals surface area contributed by atoms with Gasteiger partial charge in [0, 0.05) is 5.69 Å². The minimum absolute atomic E-state index is 0.586. The van der Waals surface area contributed by atoms with E-state index < -0.39 is 0 Å². The Morgan fingerprint density at radius 3 is 2.57 bits per heavy atom. The lowest BCUT2D eigenvalue weighted by molar-refractivity contribution is 0.416. The van der Waals surface area contributed by atoms with E-state index in [0.29, 0.717) is 17.3 Å². The third-order valence-corrected chi connectivity index (χ3v) is 3.21. The number of aromatic nitrogens is 4. The maximum atomic E-state index is 5.86. The van der Waals surface area contributed by atoms with Gasteiger partial charge < -0.3 is 10.5 Å². The summed E-state index contributed by atoms with van der Waals surface area (Å²) in [5.74, 6) is 1.26. The van der Waals surface area contributed by atoms with Crippen molar-refractivity contribution in [1.82, 2.24) is 20.2 Å². The molecule has 0 aliphatic carbocycles. The van der Waals surface area contributed by atoms with E-state index in [1.165, 1.54) is 5.56 Å². The van der Waals surface area contributed by atoms with Crippen LogP contribution < -0.4 is 10.5 Å². The van der Waals surface area contributed by atoms with Gasteiger partial charge in [-0.3, -0.25) is 0 Å². The Kier molecular flexibility index (Phi) is 3.27. The number of nitrogens with zero attached hydrogens (tertiary/aromatic N) is 4. The van der Waals surface area contributed by atoms with E-state index in [-0.39, 0.29) is 0 Å². The number of nitrogens with two attached hydrogens (primary N) is 1. The Hall–Kier alpha value is -2.89. The van der Waals surface area contributed by atoms with Crippen LogP contribution in [0.4, 0.5) is 5.69 Å². The zero-order valence-corrected chi connectivity index (χ0v) is 11.8. The fourth-order valence-electron chi connectivity index (χ4n) is 2.12. The molecule has 21 heavy (non-hydrogen) atoms. The summed E-state index contributed by atoms with van der Waals surface area (Å²) in [5, 5.41) is 11.9. The number of hydrogen-bond acceptors (Lipinski definition) is 5. The molecule has 0 radical (unpaired) electrons. The van der Waals surface area contributed by atoms with Crippen LogP contribution in [-0.4, -0.2) is 27.3 Å². The smallest absolute Gasteiger partial charge is 0.190 e. The molecule has 0 aliphatic rings. The first-order valence-electron chi connectivity index (χ1n) is 6.48. The van der Waals surface area contributed by atoms with Gasteiger partial charge >= 0.3 is 0 Å². The highest BCUT2D eigenvalue weighted by Crippen LogP contribution is 2.31. The van der Waals surface area contributed by atoms with Crippen molar-refractivity contribution in [3.63, 3.8) is 0 Å². The highest BCUT2D eigenvalue weighted by atomic mass is 16.5. The Labute approximate surface area is 122 Å². The molecular weight excluding hydrogens is 266 g/mol. The first-order valence-corrected chi connectivity index (χ1v) is 6.48. The second kappa shape index (κ2) is 5.24. The van der Waals surface area contributed by atoms with Crippen molar-refractivity contribution >= 4 is 5.69 Å². The van der Waals surface area contributed by atoms with Gasteiger partial charge in [0.15, 0.2) is 5.82 Å². The first-order chi connectivity index (χ1) is 10.2. The summed E-state index contributed by atoms with van der Waals surface area (Å²) in [6.07, 6.45) is 0. The summed E-state index contributed by atoms with van der Waals surface area (Å²) in [7, 11) is 1.61. The number of anilines is 1. The Bertz CT molecular complexity index is 764. The molecule has 0 unspecified atom stereocenters. The molecule has 0 spiro atoms. The van der Waals surface area contributed by atoms with Crippen LogP contribution in [0.25, 0.3) is 17.1 Å². The van der Waals surface area contributed by atoms with Crippen LogP contribution in [-0.2, 0) is 0 Å². The lowest BCUT2D eigenvalue weighted by Gasteiger charge is -2.09. The maximum Gasteiger partial charge on any atom is 0.190 e. The van der Waals surface area contributed by atoms with Crippen molar-refractivity contribution in [2.45, 2.75) is 6.92 Å². The Morgan fingerprint density at radius 2 is 1.86 bits per heavy atom. The molecule has 6 nitrogen and oxygen atoms in total. The van der Waals surface area contributed by atoms with Crippen molar-refractivity contribution in [2.24, 2.45) is 0 Å². The lowest BCUT2D eigenvalue weighted by Crippen LogP contribution is -2.01. The molecule has 3 aromatic rings. The second-order valence-electron chi connectivity index (χ2n) is 4.71. The second-order valence-corrected chi connectivity index (χ2v) is 4.71. The van der Waals surface area contributed by atoms with E-state index in [0.717, 1.165) is 11.3 Å². The van der Waals surface area contributed by atoms with Gasteiger partial charge in [0.1, 0.15) is 5.75 Å². The largest absolute Gasteiger partial charge is 0.496 e. The number of ether oxygens (including phenoxy) is 1. The van der Waals surface area contributed by atoms with Gasteiger partial charge in [-0.2, -0.15) is 4.68 Å².